The first-order valence-electron chi connectivity index (χ1n) is 9.77. The van der Waals surface area contributed by atoms with E-state index in [0.717, 1.165) is 16.0 Å². The van der Waals surface area contributed by atoms with Gasteiger partial charge >= 0.3 is 0 Å². The molecular formula is C23H24N4O2S. The Bertz CT molecular complexity index is 1230. The number of aromatic nitrogens is 3. The van der Waals surface area contributed by atoms with Gasteiger partial charge in [-0.2, -0.15) is 5.10 Å². The molecule has 0 saturated carbocycles. The molecule has 4 rings (SSSR count). The van der Waals surface area contributed by atoms with E-state index >= 15 is 0 Å². The molecule has 3 aromatic heterocycles. The lowest BCUT2D eigenvalue weighted by atomic mass is 10.1. The number of aryl methyl sites for hydroxylation is 1. The zero-order valence-corrected chi connectivity index (χ0v) is 18.5. The van der Waals surface area contributed by atoms with Crippen LogP contribution in [0.15, 0.2) is 48.7 Å². The van der Waals surface area contributed by atoms with Gasteiger partial charge in [-0.1, -0.05) is 12.1 Å². The number of amides is 1. The predicted molar refractivity (Wildman–Crippen MR) is 122 cm³/mol. The van der Waals surface area contributed by atoms with Crippen molar-refractivity contribution in [2.45, 2.75) is 26.8 Å². The van der Waals surface area contributed by atoms with Crippen LogP contribution in [0, 0.1) is 6.92 Å². The van der Waals surface area contributed by atoms with Gasteiger partial charge in [-0.15, -0.1) is 11.3 Å². The molecule has 0 aliphatic carbocycles. The lowest BCUT2D eigenvalue weighted by Gasteiger charge is -2.20. The lowest BCUT2D eigenvalue weighted by Crippen LogP contribution is -2.27. The first kappa shape index (κ1) is 20.1. The number of carbonyl (C=O) groups excluding carboxylic acids is 1. The Labute approximate surface area is 179 Å². The van der Waals surface area contributed by atoms with Gasteiger partial charge in [0.2, 0.25) is 0 Å². The fourth-order valence-electron chi connectivity index (χ4n) is 3.47. The zero-order valence-electron chi connectivity index (χ0n) is 17.7. The minimum absolute atomic E-state index is 0.130. The zero-order chi connectivity index (χ0) is 21.4. The Morgan fingerprint density at radius 1 is 1.20 bits per heavy atom. The van der Waals surface area contributed by atoms with E-state index in [0.29, 0.717) is 22.6 Å². The van der Waals surface area contributed by atoms with E-state index in [4.69, 9.17) is 9.72 Å². The van der Waals surface area contributed by atoms with Crippen LogP contribution in [0.5, 0.6) is 5.75 Å². The number of thiophene rings is 1. The quantitative estimate of drug-likeness (QED) is 0.438. The van der Waals surface area contributed by atoms with Crippen LogP contribution in [-0.4, -0.2) is 34.8 Å². The topological polar surface area (TPSA) is 60.2 Å². The minimum Gasteiger partial charge on any atom is -0.495 e. The monoisotopic (exact) mass is 420 g/mol. The fraction of sp³-hybridized carbons (Fsp3) is 0.261. The highest BCUT2D eigenvalue weighted by atomic mass is 32.1. The molecule has 0 spiro atoms. The first-order chi connectivity index (χ1) is 14.4. The molecule has 1 amide bonds. The van der Waals surface area contributed by atoms with Crippen LogP contribution in [0.25, 0.3) is 21.6 Å². The van der Waals surface area contributed by atoms with E-state index in [2.05, 4.69) is 31.9 Å². The molecule has 0 unspecified atom stereocenters. The number of nitrogens with zero attached hydrogens (tertiary/aromatic N) is 4. The highest BCUT2D eigenvalue weighted by Gasteiger charge is 2.23. The lowest BCUT2D eigenvalue weighted by molar-refractivity contribution is 0.0994. The molecule has 1 aromatic carbocycles. The molecule has 0 saturated heterocycles. The van der Waals surface area contributed by atoms with E-state index in [-0.39, 0.29) is 11.9 Å². The number of anilines is 1. The molecule has 0 aliphatic rings. The van der Waals surface area contributed by atoms with Gasteiger partial charge in [0.15, 0.2) is 5.65 Å². The van der Waals surface area contributed by atoms with Gasteiger partial charge in [0, 0.05) is 18.0 Å². The van der Waals surface area contributed by atoms with Crippen molar-refractivity contribution in [2.24, 2.45) is 0 Å². The maximum atomic E-state index is 13.6. The highest BCUT2D eigenvalue weighted by Crippen LogP contribution is 2.33. The van der Waals surface area contributed by atoms with Crippen molar-refractivity contribution < 1.29 is 9.53 Å². The Hall–Kier alpha value is -3.19. The van der Waals surface area contributed by atoms with Crippen LogP contribution < -0.4 is 9.64 Å². The summed E-state index contributed by atoms with van der Waals surface area (Å²) in [4.78, 5) is 22.3. The van der Waals surface area contributed by atoms with Crippen LogP contribution in [0.1, 0.15) is 35.1 Å². The molecule has 0 aliphatic heterocycles. The van der Waals surface area contributed by atoms with Crippen LogP contribution in [-0.2, 0) is 0 Å². The second kappa shape index (κ2) is 7.91. The average molecular weight is 421 g/mol. The smallest absolute Gasteiger partial charge is 0.259 e. The van der Waals surface area contributed by atoms with E-state index in [9.17, 15) is 4.79 Å². The van der Waals surface area contributed by atoms with Crippen molar-refractivity contribution in [3.63, 3.8) is 0 Å². The second-order valence-corrected chi connectivity index (χ2v) is 8.71. The molecule has 3 heterocycles. The number of methoxy groups -OCH3 is 1. The third-order valence-electron chi connectivity index (χ3n) is 5.03. The Kier molecular flexibility index (Phi) is 5.30. The van der Waals surface area contributed by atoms with Gasteiger partial charge in [-0.3, -0.25) is 4.79 Å². The van der Waals surface area contributed by atoms with Crippen molar-refractivity contribution in [2.75, 3.05) is 19.1 Å². The summed E-state index contributed by atoms with van der Waals surface area (Å²) in [7, 11) is 3.36. The number of ether oxygens (including phenoxy) is 1. The summed E-state index contributed by atoms with van der Waals surface area (Å²) < 4.78 is 7.31. The number of hydrogen-bond donors (Lipinski definition) is 0. The van der Waals surface area contributed by atoms with Crippen molar-refractivity contribution in [3.05, 3.63) is 59.1 Å². The van der Waals surface area contributed by atoms with E-state index in [1.165, 1.54) is 4.88 Å². The summed E-state index contributed by atoms with van der Waals surface area (Å²) in [5.74, 6) is 0.510. The number of carbonyl (C=O) groups is 1. The summed E-state index contributed by atoms with van der Waals surface area (Å²) >= 11 is 1.66. The van der Waals surface area contributed by atoms with Gasteiger partial charge in [0.25, 0.3) is 5.91 Å². The van der Waals surface area contributed by atoms with Gasteiger partial charge in [0.1, 0.15) is 5.75 Å². The van der Waals surface area contributed by atoms with Gasteiger partial charge in [0.05, 0.1) is 40.5 Å². The highest BCUT2D eigenvalue weighted by molar-refractivity contribution is 7.15. The maximum Gasteiger partial charge on any atom is 0.259 e. The van der Waals surface area contributed by atoms with E-state index < -0.39 is 0 Å². The Balaban J connectivity index is 1.89. The number of pyridine rings is 1. The molecule has 6 nitrogen and oxygen atoms in total. The molecule has 0 radical (unpaired) electrons. The van der Waals surface area contributed by atoms with Gasteiger partial charge in [-0.05, 0) is 51.1 Å². The molecule has 0 fully saturated rings. The largest absolute Gasteiger partial charge is 0.495 e. The minimum atomic E-state index is -0.135. The van der Waals surface area contributed by atoms with Crippen LogP contribution in [0.4, 0.5) is 5.69 Å². The molecular weight excluding hydrogens is 396 g/mol. The summed E-state index contributed by atoms with van der Waals surface area (Å²) in [6.45, 7) is 6.17. The summed E-state index contributed by atoms with van der Waals surface area (Å²) in [6, 6.07) is 13.6. The fourth-order valence-corrected chi connectivity index (χ4v) is 4.30. The van der Waals surface area contributed by atoms with Crippen molar-refractivity contribution >= 4 is 34.0 Å². The molecule has 0 bridgehead atoms. The second-order valence-electron chi connectivity index (χ2n) is 7.42. The molecule has 154 valence electrons. The molecule has 0 atom stereocenters. The molecule has 0 N–H and O–H groups in total. The Morgan fingerprint density at radius 3 is 2.63 bits per heavy atom. The molecule has 4 aromatic rings. The number of rotatable bonds is 5. The van der Waals surface area contributed by atoms with E-state index in [1.807, 2.05) is 41.1 Å². The summed E-state index contributed by atoms with van der Waals surface area (Å²) in [6.07, 6.45) is 1.73. The number of benzene rings is 1. The van der Waals surface area contributed by atoms with Gasteiger partial charge < -0.3 is 9.64 Å². The Morgan fingerprint density at radius 2 is 1.97 bits per heavy atom. The van der Waals surface area contributed by atoms with Crippen molar-refractivity contribution in [3.8, 4) is 16.3 Å². The third-order valence-corrected chi connectivity index (χ3v) is 6.05. The maximum absolute atomic E-state index is 13.6. The summed E-state index contributed by atoms with van der Waals surface area (Å²) in [5, 5.41) is 5.25. The van der Waals surface area contributed by atoms with Crippen LogP contribution >= 0.6 is 11.3 Å². The number of para-hydroxylation sites is 2. The van der Waals surface area contributed by atoms with E-state index in [1.54, 1.807) is 36.6 Å². The normalized spacial score (nSPS) is 11.3. The first-order valence-corrected chi connectivity index (χ1v) is 10.6. The number of hydrogen-bond acceptors (Lipinski definition) is 5. The molecule has 7 heteroatoms. The van der Waals surface area contributed by atoms with Crippen molar-refractivity contribution in [1.29, 1.82) is 0 Å². The van der Waals surface area contributed by atoms with Crippen molar-refractivity contribution in [1.82, 2.24) is 14.8 Å². The SMILES string of the molecule is COc1ccccc1N(C)C(=O)c1cc(-c2ccc(C)s2)nc2c1cnn2C(C)C. The van der Waals surface area contributed by atoms with Gasteiger partial charge in [-0.25, -0.2) is 9.67 Å². The average Bonchev–Trinajstić information content (AvgIpc) is 3.38. The van der Waals surface area contributed by atoms with Crippen LogP contribution in [0.2, 0.25) is 0 Å². The predicted octanol–water partition coefficient (Wildman–Crippen LogP) is 5.33. The van der Waals surface area contributed by atoms with Crippen LogP contribution in [0.3, 0.4) is 0 Å². The number of fused-ring (bicyclic) bond motifs is 1. The third kappa shape index (κ3) is 3.45. The molecule has 30 heavy (non-hydrogen) atoms. The standard InChI is InChI=1S/C23H24N4O2S/c1-14(2)27-22-17(13-24-27)16(12-18(25-22)21-11-10-15(3)30-21)23(28)26(4)19-8-6-7-9-20(19)29-5/h6-14H,1-5H3. The summed E-state index contributed by atoms with van der Waals surface area (Å²) in [5.41, 5.74) is 2.77.